The van der Waals surface area contributed by atoms with Crippen molar-refractivity contribution in [3.8, 4) is 0 Å². The largest absolute Gasteiger partial charge is 0.452 e. The zero-order valence-electron chi connectivity index (χ0n) is 15.4. The number of hydrogen-bond acceptors (Lipinski definition) is 3. The Kier molecular flexibility index (Phi) is 4.81. The SMILES string of the molecule is C[C@@H](OC(=O)Cc1c[nH]c2ccccc12)C(=O)Nc1ccc2ccccc2c1. The van der Waals surface area contributed by atoms with Crippen LogP contribution in [0.1, 0.15) is 12.5 Å². The Bertz CT molecular complexity index is 1160. The number of benzene rings is 3. The van der Waals surface area contributed by atoms with Gasteiger partial charge in [-0.15, -0.1) is 0 Å². The molecule has 1 amide bonds. The zero-order chi connectivity index (χ0) is 19.5. The van der Waals surface area contributed by atoms with Crippen LogP contribution >= 0.6 is 0 Å². The Labute approximate surface area is 162 Å². The van der Waals surface area contributed by atoms with E-state index < -0.39 is 12.1 Å². The van der Waals surface area contributed by atoms with Gasteiger partial charge < -0.3 is 15.0 Å². The fourth-order valence-corrected chi connectivity index (χ4v) is 3.24. The van der Waals surface area contributed by atoms with Crippen LogP contribution in [0.4, 0.5) is 5.69 Å². The van der Waals surface area contributed by atoms with Gasteiger partial charge in [0.15, 0.2) is 6.10 Å². The first-order chi connectivity index (χ1) is 13.6. The van der Waals surface area contributed by atoms with E-state index in [2.05, 4.69) is 10.3 Å². The van der Waals surface area contributed by atoms with Gasteiger partial charge in [-0.25, -0.2) is 0 Å². The Morgan fingerprint density at radius 3 is 2.61 bits per heavy atom. The summed E-state index contributed by atoms with van der Waals surface area (Å²) in [4.78, 5) is 27.8. The van der Waals surface area contributed by atoms with Crippen molar-refractivity contribution in [1.29, 1.82) is 0 Å². The maximum Gasteiger partial charge on any atom is 0.311 e. The van der Waals surface area contributed by atoms with Crippen molar-refractivity contribution in [3.05, 3.63) is 78.5 Å². The minimum atomic E-state index is -0.885. The fraction of sp³-hybridized carbons (Fsp3) is 0.130. The van der Waals surface area contributed by atoms with Gasteiger partial charge in [0.25, 0.3) is 5.91 Å². The van der Waals surface area contributed by atoms with Crippen molar-refractivity contribution in [2.45, 2.75) is 19.4 Å². The standard InChI is InChI=1S/C23H20N2O3/c1-15(23(27)25-19-11-10-16-6-2-3-7-17(16)12-19)28-22(26)13-18-14-24-21-9-5-4-8-20(18)21/h2-12,14-15,24H,13H2,1H3,(H,25,27)/t15-/m1/s1. The van der Waals surface area contributed by atoms with Crippen LogP contribution < -0.4 is 5.32 Å². The molecule has 0 aliphatic rings. The molecular formula is C23H20N2O3. The van der Waals surface area contributed by atoms with E-state index in [9.17, 15) is 9.59 Å². The number of carbonyl (C=O) groups is 2. The minimum absolute atomic E-state index is 0.109. The Hall–Kier alpha value is -3.60. The van der Waals surface area contributed by atoms with Crippen LogP contribution in [0.2, 0.25) is 0 Å². The number of carbonyl (C=O) groups excluding carboxylic acids is 2. The molecule has 0 saturated carbocycles. The molecule has 0 spiro atoms. The van der Waals surface area contributed by atoms with Gasteiger partial charge in [0.1, 0.15) is 0 Å². The summed E-state index contributed by atoms with van der Waals surface area (Å²) >= 11 is 0. The number of aromatic amines is 1. The number of hydrogen-bond donors (Lipinski definition) is 2. The molecule has 0 fully saturated rings. The second-order valence-corrected chi connectivity index (χ2v) is 6.72. The molecule has 1 aromatic heterocycles. The number of aromatic nitrogens is 1. The van der Waals surface area contributed by atoms with Crippen molar-refractivity contribution in [1.82, 2.24) is 4.98 Å². The topological polar surface area (TPSA) is 71.2 Å². The number of rotatable bonds is 5. The predicted molar refractivity (Wildman–Crippen MR) is 110 cm³/mol. The molecule has 28 heavy (non-hydrogen) atoms. The quantitative estimate of drug-likeness (QED) is 0.509. The molecule has 2 N–H and O–H groups in total. The molecule has 0 bridgehead atoms. The molecule has 3 aromatic carbocycles. The van der Waals surface area contributed by atoms with Gasteiger partial charge in [-0.05, 0) is 41.5 Å². The zero-order valence-corrected chi connectivity index (χ0v) is 15.4. The van der Waals surface area contributed by atoms with Gasteiger partial charge in [0.05, 0.1) is 6.42 Å². The number of ether oxygens (including phenoxy) is 1. The van der Waals surface area contributed by atoms with Crippen LogP contribution in [-0.2, 0) is 20.7 Å². The van der Waals surface area contributed by atoms with Gasteiger partial charge in [-0.1, -0.05) is 48.5 Å². The van der Waals surface area contributed by atoms with Crippen molar-refractivity contribution in [2.75, 3.05) is 5.32 Å². The summed E-state index contributed by atoms with van der Waals surface area (Å²) in [7, 11) is 0. The van der Waals surface area contributed by atoms with E-state index in [1.54, 1.807) is 13.1 Å². The average molecular weight is 372 g/mol. The fourth-order valence-electron chi connectivity index (χ4n) is 3.24. The van der Waals surface area contributed by atoms with Crippen molar-refractivity contribution >= 4 is 39.2 Å². The molecule has 4 rings (SSSR count). The van der Waals surface area contributed by atoms with Gasteiger partial charge in [-0.3, -0.25) is 9.59 Å². The molecule has 5 nitrogen and oxygen atoms in total. The van der Waals surface area contributed by atoms with Gasteiger partial charge in [0.2, 0.25) is 0 Å². The summed E-state index contributed by atoms with van der Waals surface area (Å²) in [5.74, 6) is -0.798. The van der Waals surface area contributed by atoms with E-state index >= 15 is 0 Å². The molecule has 1 heterocycles. The Morgan fingerprint density at radius 2 is 1.75 bits per heavy atom. The van der Waals surface area contributed by atoms with E-state index in [-0.39, 0.29) is 12.3 Å². The number of anilines is 1. The average Bonchev–Trinajstić information content (AvgIpc) is 3.10. The van der Waals surface area contributed by atoms with E-state index in [1.165, 1.54) is 0 Å². The van der Waals surface area contributed by atoms with Crippen LogP contribution in [0.15, 0.2) is 72.9 Å². The normalized spacial score (nSPS) is 12.0. The van der Waals surface area contributed by atoms with E-state index in [0.717, 1.165) is 27.2 Å². The monoisotopic (exact) mass is 372 g/mol. The second kappa shape index (κ2) is 7.56. The molecule has 5 heteroatoms. The lowest BCUT2D eigenvalue weighted by Gasteiger charge is -2.14. The van der Waals surface area contributed by atoms with E-state index in [1.807, 2.05) is 66.7 Å². The number of H-pyrrole nitrogens is 1. The Morgan fingerprint density at radius 1 is 1.00 bits per heavy atom. The molecule has 0 radical (unpaired) electrons. The van der Waals surface area contributed by atoms with Crippen LogP contribution in [0.5, 0.6) is 0 Å². The second-order valence-electron chi connectivity index (χ2n) is 6.72. The van der Waals surface area contributed by atoms with E-state index in [0.29, 0.717) is 5.69 Å². The van der Waals surface area contributed by atoms with Crippen LogP contribution in [0.3, 0.4) is 0 Å². The maximum atomic E-state index is 12.4. The first-order valence-electron chi connectivity index (χ1n) is 9.14. The minimum Gasteiger partial charge on any atom is -0.452 e. The first kappa shape index (κ1) is 17.8. The van der Waals surface area contributed by atoms with Crippen molar-refractivity contribution in [2.24, 2.45) is 0 Å². The highest BCUT2D eigenvalue weighted by Gasteiger charge is 2.19. The van der Waals surface area contributed by atoms with Gasteiger partial charge in [-0.2, -0.15) is 0 Å². The first-order valence-corrected chi connectivity index (χ1v) is 9.14. The summed E-state index contributed by atoms with van der Waals surface area (Å²) in [5.41, 5.74) is 2.48. The highest BCUT2D eigenvalue weighted by Crippen LogP contribution is 2.20. The molecule has 1 atom stereocenters. The smallest absolute Gasteiger partial charge is 0.311 e. The maximum absolute atomic E-state index is 12.4. The molecule has 0 aliphatic heterocycles. The molecular weight excluding hydrogens is 352 g/mol. The highest BCUT2D eigenvalue weighted by molar-refractivity contribution is 5.97. The van der Waals surface area contributed by atoms with E-state index in [4.69, 9.17) is 4.74 Å². The van der Waals surface area contributed by atoms with Gasteiger partial charge in [0, 0.05) is 22.8 Å². The predicted octanol–water partition coefficient (Wildman–Crippen LogP) is 4.43. The molecule has 0 aliphatic carbocycles. The van der Waals surface area contributed by atoms with Crippen LogP contribution in [0.25, 0.3) is 21.7 Å². The third-order valence-electron chi connectivity index (χ3n) is 4.70. The summed E-state index contributed by atoms with van der Waals surface area (Å²) < 4.78 is 5.33. The molecule has 140 valence electrons. The lowest BCUT2D eigenvalue weighted by atomic mass is 10.1. The third kappa shape index (κ3) is 3.74. The summed E-state index contributed by atoms with van der Waals surface area (Å²) in [5, 5.41) is 5.91. The van der Waals surface area contributed by atoms with Crippen LogP contribution in [-0.4, -0.2) is 23.0 Å². The van der Waals surface area contributed by atoms with Crippen LogP contribution in [0, 0.1) is 0 Å². The molecule has 0 unspecified atom stereocenters. The van der Waals surface area contributed by atoms with Gasteiger partial charge >= 0.3 is 5.97 Å². The number of fused-ring (bicyclic) bond motifs is 2. The number of amides is 1. The third-order valence-corrected chi connectivity index (χ3v) is 4.70. The Balaban J connectivity index is 1.38. The number of para-hydroxylation sites is 1. The number of nitrogens with one attached hydrogen (secondary N) is 2. The summed E-state index contributed by atoms with van der Waals surface area (Å²) in [6.45, 7) is 1.57. The van der Waals surface area contributed by atoms with Crippen molar-refractivity contribution in [3.63, 3.8) is 0 Å². The lowest BCUT2D eigenvalue weighted by molar-refractivity contribution is -0.152. The highest BCUT2D eigenvalue weighted by atomic mass is 16.5. The van der Waals surface area contributed by atoms with Crippen molar-refractivity contribution < 1.29 is 14.3 Å². The summed E-state index contributed by atoms with van der Waals surface area (Å²) in [6, 6.07) is 21.3. The molecule has 0 saturated heterocycles. The molecule has 4 aromatic rings. The summed E-state index contributed by atoms with van der Waals surface area (Å²) in [6.07, 6.45) is 1.02. The lowest BCUT2D eigenvalue weighted by Crippen LogP contribution is -2.30. The number of esters is 1.